The maximum absolute atomic E-state index is 12.6. The van der Waals surface area contributed by atoms with Crippen molar-refractivity contribution in [3.8, 4) is 0 Å². The average Bonchev–Trinajstić information content (AvgIpc) is 3.42. The maximum atomic E-state index is 12.6. The molecule has 2 aromatic rings. The van der Waals surface area contributed by atoms with E-state index in [1.54, 1.807) is 12.1 Å². The van der Waals surface area contributed by atoms with Crippen molar-refractivity contribution in [2.45, 2.75) is 35.6 Å². The normalized spacial score (nSPS) is 14.4. The molecule has 0 atom stereocenters. The highest BCUT2D eigenvalue weighted by Crippen LogP contribution is 2.40. The summed E-state index contributed by atoms with van der Waals surface area (Å²) >= 11 is -0.127. The van der Waals surface area contributed by atoms with Gasteiger partial charge in [-0.25, -0.2) is 4.98 Å². The van der Waals surface area contributed by atoms with Crippen LogP contribution in [0.4, 0.5) is 30.6 Å². The molecule has 3 rings (SSSR count). The van der Waals surface area contributed by atoms with Crippen LogP contribution in [0.3, 0.4) is 0 Å². The zero-order valence-electron chi connectivity index (χ0n) is 15.9. The Morgan fingerprint density at radius 2 is 1.96 bits per heavy atom. The van der Waals surface area contributed by atoms with Gasteiger partial charge >= 0.3 is 5.51 Å². The van der Waals surface area contributed by atoms with Crippen molar-refractivity contribution in [3.05, 3.63) is 36.0 Å². The van der Waals surface area contributed by atoms with Crippen molar-refractivity contribution in [2.75, 3.05) is 37.8 Å². The molecule has 1 aromatic carbocycles. The maximum Gasteiger partial charge on any atom is 0.446 e. The summed E-state index contributed by atoms with van der Waals surface area (Å²) in [5.74, 6) is 1.57. The Balaban J connectivity index is 1.71. The predicted octanol–water partition coefficient (Wildman–Crippen LogP) is 5.07. The predicted molar refractivity (Wildman–Crippen MR) is 107 cm³/mol. The highest BCUT2D eigenvalue weighted by molar-refractivity contribution is 8.00. The zero-order chi connectivity index (χ0) is 20.1. The summed E-state index contributed by atoms with van der Waals surface area (Å²) in [7, 11) is 4.05. The van der Waals surface area contributed by atoms with Gasteiger partial charge < -0.3 is 15.5 Å². The van der Waals surface area contributed by atoms with Crippen molar-refractivity contribution in [3.63, 3.8) is 0 Å². The molecule has 28 heavy (non-hydrogen) atoms. The van der Waals surface area contributed by atoms with Gasteiger partial charge in [0.1, 0.15) is 5.82 Å². The first-order valence-electron chi connectivity index (χ1n) is 9.19. The fraction of sp³-hybridized carbons (Fsp3) is 0.474. The van der Waals surface area contributed by atoms with Crippen molar-refractivity contribution < 1.29 is 13.2 Å². The molecule has 1 aliphatic rings. The number of nitrogens with one attached hydrogen (secondary N) is 2. The summed E-state index contributed by atoms with van der Waals surface area (Å²) in [6, 6.07) is 8.12. The summed E-state index contributed by atoms with van der Waals surface area (Å²) in [5.41, 5.74) is -2.78. The molecular weight excluding hydrogens is 387 g/mol. The van der Waals surface area contributed by atoms with Crippen LogP contribution >= 0.6 is 11.8 Å². The monoisotopic (exact) mass is 411 g/mol. The van der Waals surface area contributed by atoms with Crippen molar-refractivity contribution in [1.29, 1.82) is 0 Å². The molecular formula is C19H24F3N5S. The summed E-state index contributed by atoms with van der Waals surface area (Å²) in [6.45, 7) is 1.72. The van der Waals surface area contributed by atoms with Crippen LogP contribution in [0.2, 0.25) is 0 Å². The van der Waals surface area contributed by atoms with E-state index >= 15 is 0 Å². The van der Waals surface area contributed by atoms with E-state index in [9.17, 15) is 13.2 Å². The number of alkyl halides is 3. The lowest BCUT2D eigenvalue weighted by Gasteiger charge is -2.13. The lowest BCUT2D eigenvalue weighted by molar-refractivity contribution is -0.0328. The largest absolute Gasteiger partial charge is 0.446 e. The van der Waals surface area contributed by atoms with E-state index in [1.165, 1.54) is 12.1 Å². The molecule has 9 heteroatoms. The Morgan fingerprint density at radius 3 is 2.64 bits per heavy atom. The number of rotatable bonds is 9. The summed E-state index contributed by atoms with van der Waals surface area (Å²) in [4.78, 5) is 11.3. The Hall–Kier alpha value is -2.00. The van der Waals surface area contributed by atoms with Gasteiger partial charge in [0.15, 0.2) is 0 Å². The standard InChI is InChI=1S/C19H24F3N5S/c1-27(2)10-4-9-23-18-25-16(13-7-8-13)12-17(26-18)24-14-5-3-6-15(11-14)28-19(20,21)22/h3,5-6,11-13H,4,7-10H2,1-2H3,(H2,23,24,25,26). The molecule has 1 aromatic heterocycles. The van der Waals surface area contributed by atoms with Crippen LogP contribution in [0.5, 0.6) is 0 Å². The van der Waals surface area contributed by atoms with Gasteiger partial charge in [-0.05, 0) is 69.9 Å². The lowest BCUT2D eigenvalue weighted by Crippen LogP contribution is -2.17. The van der Waals surface area contributed by atoms with Gasteiger partial charge in [0.2, 0.25) is 5.95 Å². The number of aromatic nitrogens is 2. The molecule has 0 spiro atoms. The SMILES string of the molecule is CN(C)CCCNc1nc(Nc2cccc(SC(F)(F)F)c2)cc(C2CC2)n1. The molecule has 152 valence electrons. The smallest absolute Gasteiger partial charge is 0.354 e. The van der Waals surface area contributed by atoms with Crippen LogP contribution in [-0.4, -0.2) is 47.6 Å². The molecule has 0 radical (unpaired) electrons. The lowest BCUT2D eigenvalue weighted by atomic mass is 10.2. The average molecular weight is 411 g/mol. The van der Waals surface area contributed by atoms with E-state index in [2.05, 4.69) is 25.5 Å². The minimum atomic E-state index is -4.31. The highest BCUT2D eigenvalue weighted by Gasteiger charge is 2.29. The van der Waals surface area contributed by atoms with Gasteiger partial charge in [0, 0.05) is 29.1 Å². The number of hydrogen-bond acceptors (Lipinski definition) is 6. The van der Waals surface area contributed by atoms with Crippen molar-refractivity contribution >= 4 is 29.2 Å². The van der Waals surface area contributed by atoms with Crippen LogP contribution in [-0.2, 0) is 0 Å². The van der Waals surface area contributed by atoms with Gasteiger partial charge in [-0.2, -0.15) is 18.2 Å². The van der Waals surface area contributed by atoms with Gasteiger partial charge in [-0.3, -0.25) is 0 Å². The topological polar surface area (TPSA) is 53.1 Å². The van der Waals surface area contributed by atoms with E-state index < -0.39 is 5.51 Å². The Morgan fingerprint density at radius 1 is 1.18 bits per heavy atom. The summed E-state index contributed by atoms with van der Waals surface area (Å²) < 4.78 is 37.8. The van der Waals surface area contributed by atoms with Gasteiger partial charge in [0.05, 0.1) is 5.69 Å². The Bertz CT molecular complexity index is 793. The van der Waals surface area contributed by atoms with Crippen LogP contribution in [0.15, 0.2) is 35.2 Å². The molecule has 0 bridgehead atoms. The van der Waals surface area contributed by atoms with Crippen LogP contribution in [0, 0.1) is 0 Å². The number of thioether (sulfide) groups is 1. The number of nitrogens with zero attached hydrogens (tertiary/aromatic N) is 3. The number of hydrogen-bond donors (Lipinski definition) is 2. The van der Waals surface area contributed by atoms with E-state index in [0.717, 1.165) is 38.0 Å². The van der Waals surface area contributed by atoms with Crippen molar-refractivity contribution in [2.24, 2.45) is 0 Å². The third-order valence-electron chi connectivity index (χ3n) is 4.15. The molecule has 0 saturated heterocycles. The van der Waals surface area contributed by atoms with E-state index in [1.807, 2.05) is 20.2 Å². The molecule has 0 aliphatic heterocycles. The third-order valence-corrected chi connectivity index (χ3v) is 4.87. The number of halogens is 3. The molecule has 1 saturated carbocycles. The molecule has 5 nitrogen and oxygen atoms in total. The molecule has 0 amide bonds. The fourth-order valence-electron chi connectivity index (χ4n) is 2.71. The molecule has 2 N–H and O–H groups in total. The molecule has 0 unspecified atom stereocenters. The minimum Gasteiger partial charge on any atom is -0.354 e. The van der Waals surface area contributed by atoms with Gasteiger partial charge in [-0.1, -0.05) is 6.07 Å². The Kier molecular flexibility index (Phi) is 6.66. The first-order chi connectivity index (χ1) is 13.3. The van der Waals surface area contributed by atoms with Crippen LogP contribution < -0.4 is 10.6 Å². The molecule has 1 fully saturated rings. The molecule has 1 aliphatic carbocycles. The first-order valence-corrected chi connectivity index (χ1v) is 10.0. The second kappa shape index (κ2) is 9.00. The van der Waals surface area contributed by atoms with E-state index in [0.29, 0.717) is 23.4 Å². The van der Waals surface area contributed by atoms with Crippen LogP contribution in [0.1, 0.15) is 30.9 Å². The zero-order valence-corrected chi connectivity index (χ0v) is 16.7. The van der Waals surface area contributed by atoms with E-state index in [4.69, 9.17) is 0 Å². The number of benzene rings is 1. The third kappa shape index (κ3) is 6.87. The van der Waals surface area contributed by atoms with E-state index in [-0.39, 0.29) is 16.7 Å². The summed E-state index contributed by atoms with van der Waals surface area (Å²) in [6.07, 6.45) is 3.17. The second-order valence-electron chi connectivity index (χ2n) is 7.06. The minimum absolute atomic E-state index is 0.127. The number of anilines is 3. The molecule has 1 heterocycles. The highest BCUT2D eigenvalue weighted by atomic mass is 32.2. The quantitative estimate of drug-likeness (QED) is 0.444. The van der Waals surface area contributed by atoms with Crippen LogP contribution in [0.25, 0.3) is 0 Å². The van der Waals surface area contributed by atoms with Gasteiger partial charge in [-0.15, -0.1) is 0 Å². The van der Waals surface area contributed by atoms with Crippen molar-refractivity contribution in [1.82, 2.24) is 14.9 Å². The van der Waals surface area contributed by atoms with Gasteiger partial charge in [0.25, 0.3) is 0 Å². The fourth-order valence-corrected chi connectivity index (χ4v) is 3.31. The second-order valence-corrected chi connectivity index (χ2v) is 8.20. The summed E-state index contributed by atoms with van der Waals surface area (Å²) in [5, 5.41) is 6.37. The first kappa shape index (κ1) is 20.7. The Labute approximate surface area is 167 Å².